The highest BCUT2D eigenvalue weighted by atomic mass is 16.3. The van der Waals surface area contributed by atoms with Gasteiger partial charge < -0.3 is 4.42 Å². The van der Waals surface area contributed by atoms with Gasteiger partial charge in [0.25, 0.3) is 0 Å². The van der Waals surface area contributed by atoms with E-state index in [9.17, 15) is 0 Å². The van der Waals surface area contributed by atoms with Crippen molar-refractivity contribution in [1.82, 2.24) is 14.5 Å². The maximum absolute atomic E-state index is 6.45. The first-order valence-corrected chi connectivity index (χ1v) is 18.7. The fraction of sp³-hybridized carbons (Fsp3) is 0.0196. The molecule has 0 saturated carbocycles. The number of para-hydroxylation sites is 2. The summed E-state index contributed by atoms with van der Waals surface area (Å²) in [7, 11) is 0. The van der Waals surface area contributed by atoms with Crippen LogP contribution in [0, 0.1) is 0 Å². The summed E-state index contributed by atoms with van der Waals surface area (Å²) >= 11 is 0. The van der Waals surface area contributed by atoms with Gasteiger partial charge in [0.2, 0.25) is 5.71 Å². The van der Waals surface area contributed by atoms with E-state index in [0.29, 0.717) is 5.71 Å². The summed E-state index contributed by atoms with van der Waals surface area (Å²) in [5.74, 6) is 0.730. The molecule has 0 spiro atoms. The molecule has 3 aromatic heterocycles. The molecule has 1 aliphatic carbocycles. The van der Waals surface area contributed by atoms with Crippen LogP contribution in [0.3, 0.4) is 0 Å². The first kappa shape index (κ1) is 30.2. The van der Waals surface area contributed by atoms with E-state index in [-0.39, 0.29) is 0 Å². The van der Waals surface area contributed by atoms with Crippen LogP contribution in [0.25, 0.3) is 83.0 Å². The van der Waals surface area contributed by atoms with E-state index in [4.69, 9.17) is 14.4 Å². The average Bonchev–Trinajstić information content (AvgIpc) is 3.88. The maximum atomic E-state index is 6.45. The lowest BCUT2D eigenvalue weighted by Gasteiger charge is -2.34. The molecular weight excluding hydrogens is 671 g/mol. The Morgan fingerprint density at radius 1 is 0.455 bits per heavy atom. The Labute approximate surface area is 316 Å². The summed E-state index contributed by atoms with van der Waals surface area (Å²) in [6.07, 6.45) is 0. The molecule has 0 unspecified atom stereocenters. The molecule has 3 heterocycles. The molecule has 55 heavy (non-hydrogen) atoms. The van der Waals surface area contributed by atoms with Crippen LogP contribution in [-0.2, 0) is 5.41 Å². The van der Waals surface area contributed by atoms with E-state index >= 15 is 0 Å². The van der Waals surface area contributed by atoms with Gasteiger partial charge >= 0.3 is 0 Å². The second-order valence-electron chi connectivity index (χ2n) is 14.5. The van der Waals surface area contributed by atoms with E-state index in [2.05, 4.69) is 174 Å². The molecule has 0 radical (unpaired) electrons. The van der Waals surface area contributed by atoms with Gasteiger partial charge in [-0.25, -0.2) is 4.98 Å². The monoisotopic (exact) mass is 701 g/mol. The molecule has 0 bridgehead atoms. The third-order valence-corrected chi connectivity index (χ3v) is 11.7. The molecule has 8 aromatic carbocycles. The Balaban J connectivity index is 1.21. The lowest BCUT2D eigenvalue weighted by molar-refractivity contribution is 0.652. The number of benzene rings is 8. The van der Waals surface area contributed by atoms with Crippen molar-refractivity contribution < 1.29 is 4.42 Å². The minimum atomic E-state index is -0.545. The Bertz CT molecular complexity index is 3280. The fourth-order valence-electron chi connectivity index (χ4n) is 9.34. The minimum Gasteiger partial charge on any atom is -0.436 e. The van der Waals surface area contributed by atoms with Crippen molar-refractivity contribution in [3.63, 3.8) is 0 Å². The van der Waals surface area contributed by atoms with Gasteiger partial charge in [0.15, 0.2) is 5.82 Å². The number of furan rings is 1. The smallest absolute Gasteiger partial charge is 0.248 e. The molecule has 256 valence electrons. The van der Waals surface area contributed by atoms with Crippen LogP contribution in [0.15, 0.2) is 192 Å². The third-order valence-electron chi connectivity index (χ3n) is 11.7. The molecule has 0 aliphatic heterocycles. The van der Waals surface area contributed by atoms with Crippen LogP contribution >= 0.6 is 0 Å². The Hall–Kier alpha value is -7.30. The second kappa shape index (κ2) is 11.3. The highest BCUT2D eigenvalue weighted by Crippen LogP contribution is 2.57. The number of rotatable bonds is 4. The second-order valence-corrected chi connectivity index (χ2v) is 14.5. The van der Waals surface area contributed by atoms with Gasteiger partial charge in [-0.2, -0.15) is 4.98 Å². The molecule has 0 N–H and O–H groups in total. The standard InChI is InChI=1S/C51H31N3O/c1-3-17-35(18-4-1)51(36-19-5-2-6-20-36)42-24-12-9-21-37(42)38-28-27-34(30-43(38)51)47-49(53-50-48(52-47)40-23-11-14-26-46(40)55-50)54-44-25-13-10-22-39(44)41-29-32-15-7-8-16-33(32)31-45(41)54/h1-31H. The van der Waals surface area contributed by atoms with Crippen molar-refractivity contribution in [2.24, 2.45) is 0 Å². The van der Waals surface area contributed by atoms with Crippen LogP contribution in [0.2, 0.25) is 0 Å². The zero-order chi connectivity index (χ0) is 36.1. The molecule has 4 nitrogen and oxygen atoms in total. The highest BCUT2D eigenvalue weighted by molar-refractivity contribution is 6.14. The van der Waals surface area contributed by atoms with Crippen LogP contribution in [0.5, 0.6) is 0 Å². The molecule has 0 saturated heterocycles. The molecule has 0 atom stereocenters. The number of fused-ring (bicyclic) bond motifs is 10. The van der Waals surface area contributed by atoms with Crippen molar-refractivity contribution in [3.8, 4) is 28.2 Å². The van der Waals surface area contributed by atoms with Gasteiger partial charge in [-0.15, -0.1) is 0 Å². The maximum Gasteiger partial charge on any atom is 0.248 e. The predicted octanol–water partition coefficient (Wildman–Crippen LogP) is 12.7. The average molecular weight is 702 g/mol. The third kappa shape index (κ3) is 4.16. The number of hydrogen-bond donors (Lipinski definition) is 0. The molecule has 12 rings (SSSR count). The number of nitrogens with zero attached hydrogens (tertiary/aromatic N) is 3. The van der Waals surface area contributed by atoms with E-state index in [1.165, 1.54) is 49.5 Å². The van der Waals surface area contributed by atoms with E-state index in [1.807, 2.05) is 18.2 Å². The Kier molecular flexibility index (Phi) is 6.23. The zero-order valence-electron chi connectivity index (χ0n) is 29.6. The fourth-order valence-corrected chi connectivity index (χ4v) is 9.34. The molecule has 4 heteroatoms. The highest BCUT2D eigenvalue weighted by Gasteiger charge is 2.46. The summed E-state index contributed by atoms with van der Waals surface area (Å²) in [5, 5.41) is 5.65. The molecule has 0 amide bonds. The summed E-state index contributed by atoms with van der Waals surface area (Å²) < 4.78 is 8.74. The van der Waals surface area contributed by atoms with Crippen LogP contribution in [-0.4, -0.2) is 14.5 Å². The predicted molar refractivity (Wildman–Crippen MR) is 224 cm³/mol. The minimum absolute atomic E-state index is 0.517. The first-order chi connectivity index (χ1) is 27.3. The van der Waals surface area contributed by atoms with Gasteiger partial charge in [-0.3, -0.25) is 4.57 Å². The largest absolute Gasteiger partial charge is 0.436 e. The van der Waals surface area contributed by atoms with Gasteiger partial charge in [0.05, 0.1) is 16.4 Å². The molecular formula is C51H31N3O. The van der Waals surface area contributed by atoms with E-state index in [0.717, 1.165) is 50.0 Å². The lowest BCUT2D eigenvalue weighted by atomic mass is 9.67. The first-order valence-electron chi connectivity index (χ1n) is 18.7. The van der Waals surface area contributed by atoms with Gasteiger partial charge in [-0.05, 0) is 80.6 Å². The lowest BCUT2D eigenvalue weighted by Crippen LogP contribution is -2.28. The summed E-state index contributed by atoms with van der Waals surface area (Å²) in [6, 6.07) is 67.5. The number of aromatic nitrogens is 3. The van der Waals surface area contributed by atoms with Crippen molar-refractivity contribution in [2.75, 3.05) is 0 Å². The van der Waals surface area contributed by atoms with Gasteiger partial charge in [0.1, 0.15) is 16.8 Å². The quantitative estimate of drug-likeness (QED) is 0.183. The van der Waals surface area contributed by atoms with E-state index < -0.39 is 5.41 Å². The van der Waals surface area contributed by atoms with Crippen molar-refractivity contribution in [2.45, 2.75) is 5.41 Å². The zero-order valence-corrected chi connectivity index (χ0v) is 29.6. The summed E-state index contributed by atoms with van der Waals surface area (Å²) in [4.78, 5) is 11.0. The van der Waals surface area contributed by atoms with E-state index in [1.54, 1.807) is 0 Å². The number of hydrogen-bond acceptors (Lipinski definition) is 3. The topological polar surface area (TPSA) is 43.9 Å². The van der Waals surface area contributed by atoms with Crippen molar-refractivity contribution in [3.05, 3.63) is 210 Å². The summed E-state index contributed by atoms with van der Waals surface area (Å²) in [6.45, 7) is 0. The van der Waals surface area contributed by atoms with Crippen LogP contribution < -0.4 is 0 Å². The molecule has 11 aromatic rings. The molecule has 0 fully saturated rings. The SMILES string of the molecule is c1ccc(C2(c3ccccc3)c3ccccc3-c3ccc(-c4nc5c(nc4-n4c6ccccc6c6cc7ccccc7cc64)oc4ccccc45)cc32)cc1. The normalized spacial score (nSPS) is 13.2. The van der Waals surface area contributed by atoms with Crippen molar-refractivity contribution in [1.29, 1.82) is 0 Å². The molecule has 1 aliphatic rings. The van der Waals surface area contributed by atoms with Crippen LogP contribution in [0.1, 0.15) is 22.3 Å². The van der Waals surface area contributed by atoms with Gasteiger partial charge in [0, 0.05) is 21.7 Å². The Morgan fingerprint density at radius 3 is 1.89 bits per heavy atom. The summed E-state index contributed by atoms with van der Waals surface area (Å²) in [5.41, 5.74) is 12.8. The van der Waals surface area contributed by atoms with Crippen molar-refractivity contribution >= 4 is 54.8 Å². The van der Waals surface area contributed by atoms with Crippen LogP contribution in [0.4, 0.5) is 0 Å². The Morgan fingerprint density at radius 2 is 1.09 bits per heavy atom. The van der Waals surface area contributed by atoms with Gasteiger partial charge in [-0.1, -0.05) is 152 Å².